The number of ether oxygens (including phenoxy) is 1. The molecule has 0 unspecified atom stereocenters. The fourth-order valence-corrected chi connectivity index (χ4v) is 1.16. The number of hydrogen-bond donors (Lipinski definition) is 1. The first-order chi connectivity index (χ1) is 7.63. The van der Waals surface area contributed by atoms with E-state index in [9.17, 15) is 8.78 Å². The summed E-state index contributed by atoms with van der Waals surface area (Å²) in [6, 6.07) is 6.61. The molecule has 0 bridgehead atoms. The smallest absolute Gasteiger partial charge is 0.387 e. The van der Waals surface area contributed by atoms with E-state index >= 15 is 0 Å². The average Bonchev–Trinajstić information content (AvgIpc) is 2.26. The third kappa shape index (κ3) is 3.88. The Morgan fingerprint density at radius 3 is 2.75 bits per heavy atom. The lowest BCUT2D eigenvalue weighted by Gasteiger charge is -2.12. The molecule has 1 aromatic carbocycles. The van der Waals surface area contributed by atoms with Crippen molar-refractivity contribution in [1.82, 2.24) is 0 Å². The fraction of sp³-hybridized carbons (Fsp3) is 0.333. The number of anilines is 1. The molecule has 4 heteroatoms. The van der Waals surface area contributed by atoms with Crippen LogP contribution in [0.5, 0.6) is 5.75 Å². The Hall–Kier alpha value is -1.58. The third-order valence-electron chi connectivity index (χ3n) is 2.13. The van der Waals surface area contributed by atoms with Gasteiger partial charge in [0.1, 0.15) is 5.75 Å². The van der Waals surface area contributed by atoms with E-state index in [-0.39, 0.29) is 5.75 Å². The van der Waals surface area contributed by atoms with Gasteiger partial charge < -0.3 is 10.1 Å². The summed E-state index contributed by atoms with van der Waals surface area (Å²) >= 11 is 0. The van der Waals surface area contributed by atoms with Crippen molar-refractivity contribution in [1.29, 1.82) is 0 Å². The molecular weight excluding hydrogens is 212 g/mol. The minimum Gasteiger partial charge on any atom is -0.433 e. The molecule has 1 rings (SSSR count). The Morgan fingerprint density at radius 2 is 2.12 bits per heavy atom. The Balaban J connectivity index is 2.67. The highest BCUT2D eigenvalue weighted by Crippen LogP contribution is 2.25. The van der Waals surface area contributed by atoms with E-state index in [0.717, 1.165) is 12.0 Å². The predicted molar refractivity (Wildman–Crippen MR) is 61.0 cm³/mol. The van der Waals surface area contributed by atoms with Crippen LogP contribution in [0.2, 0.25) is 0 Å². The number of alkyl halides is 2. The van der Waals surface area contributed by atoms with E-state index < -0.39 is 6.61 Å². The molecule has 16 heavy (non-hydrogen) atoms. The van der Waals surface area contributed by atoms with Gasteiger partial charge in [-0.2, -0.15) is 8.78 Å². The fourth-order valence-electron chi connectivity index (χ4n) is 1.16. The monoisotopic (exact) mass is 227 g/mol. The van der Waals surface area contributed by atoms with Crippen LogP contribution in [0.4, 0.5) is 14.5 Å². The average molecular weight is 227 g/mol. The van der Waals surface area contributed by atoms with Crippen LogP contribution < -0.4 is 10.1 Å². The molecule has 2 nitrogen and oxygen atoms in total. The first-order valence-electron chi connectivity index (χ1n) is 5.07. The SMILES string of the molecule is C=C(CC)CNc1ccccc1OC(F)F. The van der Waals surface area contributed by atoms with Crippen molar-refractivity contribution in [3.8, 4) is 5.75 Å². The van der Waals surface area contributed by atoms with Crippen LogP contribution in [0, 0.1) is 0 Å². The zero-order valence-electron chi connectivity index (χ0n) is 9.17. The Bertz CT molecular complexity index is 353. The highest BCUT2D eigenvalue weighted by atomic mass is 19.3. The number of para-hydroxylation sites is 2. The second-order valence-electron chi connectivity index (χ2n) is 3.33. The van der Waals surface area contributed by atoms with E-state index in [1.807, 2.05) is 6.92 Å². The van der Waals surface area contributed by atoms with E-state index in [1.165, 1.54) is 6.07 Å². The maximum absolute atomic E-state index is 12.1. The minimum atomic E-state index is -2.81. The molecule has 0 spiro atoms. The molecular formula is C12H15F2NO. The molecule has 0 heterocycles. The Labute approximate surface area is 93.9 Å². The molecule has 0 atom stereocenters. The van der Waals surface area contributed by atoms with Crippen molar-refractivity contribution in [2.24, 2.45) is 0 Å². The zero-order chi connectivity index (χ0) is 12.0. The standard InChI is InChI=1S/C12H15F2NO/c1-3-9(2)8-15-10-6-4-5-7-11(10)16-12(13)14/h4-7,12,15H,2-3,8H2,1H3. The van der Waals surface area contributed by atoms with Crippen LogP contribution in [0.25, 0.3) is 0 Å². The van der Waals surface area contributed by atoms with Crippen LogP contribution in [0.1, 0.15) is 13.3 Å². The van der Waals surface area contributed by atoms with Crippen molar-refractivity contribution in [3.63, 3.8) is 0 Å². The lowest BCUT2D eigenvalue weighted by molar-refractivity contribution is -0.0493. The normalized spacial score (nSPS) is 10.2. The number of halogens is 2. The van der Waals surface area contributed by atoms with Crippen molar-refractivity contribution < 1.29 is 13.5 Å². The van der Waals surface area contributed by atoms with Gasteiger partial charge >= 0.3 is 6.61 Å². The lowest BCUT2D eigenvalue weighted by atomic mass is 10.2. The van der Waals surface area contributed by atoms with Crippen molar-refractivity contribution in [2.75, 3.05) is 11.9 Å². The minimum absolute atomic E-state index is 0.154. The van der Waals surface area contributed by atoms with E-state index in [0.29, 0.717) is 12.2 Å². The Kier molecular flexibility index (Phi) is 4.76. The zero-order valence-corrected chi connectivity index (χ0v) is 9.17. The molecule has 0 radical (unpaired) electrons. The van der Waals surface area contributed by atoms with Crippen molar-refractivity contribution in [2.45, 2.75) is 20.0 Å². The van der Waals surface area contributed by atoms with Gasteiger partial charge in [0.05, 0.1) is 5.69 Å². The molecule has 1 N–H and O–H groups in total. The van der Waals surface area contributed by atoms with E-state index in [2.05, 4.69) is 16.6 Å². The predicted octanol–water partition coefficient (Wildman–Crippen LogP) is 3.67. The number of hydrogen-bond acceptors (Lipinski definition) is 2. The van der Waals surface area contributed by atoms with Crippen LogP contribution >= 0.6 is 0 Å². The second-order valence-corrected chi connectivity index (χ2v) is 3.33. The number of rotatable bonds is 6. The highest BCUT2D eigenvalue weighted by molar-refractivity contribution is 5.56. The first kappa shape index (κ1) is 12.5. The summed E-state index contributed by atoms with van der Waals surface area (Å²) in [5, 5.41) is 3.01. The topological polar surface area (TPSA) is 21.3 Å². The molecule has 0 fully saturated rings. The molecule has 0 aliphatic heterocycles. The van der Waals surface area contributed by atoms with Gasteiger partial charge in [-0.3, -0.25) is 0 Å². The summed E-state index contributed by atoms with van der Waals surface area (Å²) in [4.78, 5) is 0. The summed E-state index contributed by atoms with van der Waals surface area (Å²) in [6.45, 7) is 3.57. The summed E-state index contributed by atoms with van der Waals surface area (Å²) in [5.41, 5.74) is 1.56. The molecule has 0 aliphatic carbocycles. The van der Waals surface area contributed by atoms with Gasteiger partial charge in [-0.05, 0) is 18.6 Å². The summed E-state index contributed by atoms with van der Waals surface area (Å²) in [7, 11) is 0. The van der Waals surface area contributed by atoms with Crippen LogP contribution in [0.15, 0.2) is 36.4 Å². The summed E-state index contributed by atoms with van der Waals surface area (Å²) in [6.07, 6.45) is 0.852. The van der Waals surface area contributed by atoms with Crippen LogP contribution in [-0.4, -0.2) is 13.2 Å². The molecule has 0 amide bonds. The molecule has 0 aliphatic rings. The Morgan fingerprint density at radius 1 is 1.44 bits per heavy atom. The van der Waals surface area contributed by atoms with Gasteiger partial charge in [0.25, 0.3) is 0 Å². The van der Waals surface area contributed by atoms with Crippen molar-refractivity contribution >= 4 is 5.69 Å². The van der Waals surface area contributed by atoms with Crippen molar-refractivity contribution in [3.05, 3.63) is 36.4 Å². The second kappa shape index (κ2) is 6.10. The summed E-state index contributed by atoms with van der Waals surface area (Å²) in [5.74, 6) is 0.154. The van der Waals surface area contributed by atoms with E-state index in [1.54, 1.807) is 18.2 Å². The maximum atomic E-state index is 12.1. The summed E-state index contributed by atoms with van der Waals surface area (Å²) < 4.78 is 28.6. The number of benzene rings is 1. The molecule has 0 aromatic heterocycles. The quantitative estimate of drug-likeness (QED) is 0.749. The number of nitrogens with one attached hydrogen (secondary N) is 1. The van der Waals surface area contributed by atoms with Gasteiger partial charge in [-0.15, -0.1) is 0 Å². The van der Waals surface area contributed by atoms with Gasteiger partial charge in [0, 0.05) is 6.54 Å². The van der Waals surface area contributed by atoms with Gasteiger partial charge in [-0.1, -0.05) is 31.2 Å². The van der Waals surface area contributed by atoms with Gasteiger partial charge in [0.15, 0.2) is 0 Å². The van der Waals surface area contributed by atoms with Gasteiger partial charge in [0.2, 0.25) is 0 Å². The van der Waals surface area contributed by atoms with Gasteiger partial charge in [-0.25, -0.2) is 0 Å². The largest absolute Gasteiger partial charge is 0.433 e. The molecule has 1 aromatic rings. The van der Waals surface area contributed by atoms with Crippen LogP contribution in [-0.2, 0) is 0 Å². The molecule has 88 valence electrons. The first-order valence-corrected chi connectivity index (χ1v) is 5.07. The highest BCUT2D eigenvalue weighted by Gasteiger charge is 2.08. The van der Waals surface area contributed by atoms with Crippen LogP contribution in [0.3, 0.4) is 0 Å². The third-order valence-corrected chi connectivity index (χ3v) is 2.13. The molecule has 0 saturated carbocycles. The molecule has 0 saturated heterocycles. The van der Waals surface area contributed by atoms with E-state index in [4.69, 9.17) is 0 Å². The lowest BCUT2D eigenvalue weighted by Crippen LogP contribution is -2.08. The maximum Gasteiger partial charge on any atom is 0.387 e.